The molecule has 3 rings (SSSR count). The van der Waals surface area contributed by atoms with E-state index in [4.69, 9.17) is 4.74 Å². The fourth-order valence-electron chi connectivity index (χ4n) is 2.46. The van der Waals surface area contributed by atoms with Gasteiger partial charge in [-0.2, -0.15) is 0 Å². The van der Waals surface area contributed by atoms with Crippen molar-refractivity contribution in [2.24, 2.45) is 0 Å². The van der Waals surface area contributed by atoms with E-state index in [0.717, 1.165) is 16.8 Å². The van der Waals surface area contributed by atoms with Gasteiger partial charge in [0, 0.05) is 18.3 Å². The number of aromatic carboxylic acids is 1. The van der Waals surface area contributed by atoms with Crippen LogP contribution in [0.3, 0.4) is 0 Å². The van der Waals surface area contributed by atoms with E-state index in [-0.39, 0.29) is 5.56 Å². The van der Waals surface area contributed by atoms with Crippen molar-refractivity contribution in [3.8, 4) is 5.75 Å². The Morgan fingerprint density at radius 1 is 0.880 bits per heavy atom. The smallest absolute Gasteiger partial charge is 0.339 e. The minimum absolute atomic E-state index is 0.154. The van der Waals surface area contributed by atoms with Crippen LogP contribution >= 0.6 is 0 Å². The molecular formula is C21H19NO3. The maximum Gasteiger partial charge on any atom is 0.339 e. The van der Waals surface area contributed by atoms with Crippen LogP contribution in [0.1, 0.15) is 21.5 Å². The maximum atomic E-state index is 11.4. The Morgan fingerprint density at radius 2 is 1.52 bits per heavy atom. The number of ether oxygens (including phenoxy) is 1. The van der Waals surface area contributed by atoms with Crippen LogP contribution in [0.5, 0.6) is 5.75 Å². The average molecular weight is 333 g/mol. The summed E-state index contributed by atoms with van der Waals surface area (Å²) in [5.41, 5.74) is 3.11. The third-order valence-electron chi connectivity index (χ3n) is 3.79. The molecule has 0 aliphatic rings. The van der Waals surface area contributed by atoms with Crippen LogP contribution in [0.25, 0.3) is 0 Å². The van der Waals surface area contributed by atoms with Gasteiger partial charge in [0.1, 0.15) is 17.9 Å². The zero-order valence-electron chi connectivity index (χ0n) is 13.7. The third kappa shape index (κ3) is 4.61. The highest BCUT2D eigenvalue weighted by Crippen LogP contribution is 2.25. The molecule has 0 aromatic heterocycles. The summed E-state index contributed by atoms with van der Waals surface area (Å²) in [6.45, 7) is 0.981. The predicted molar refractivity (Wildman–Crippen MR) is 97.9 cm³/mol. The van der Waals surface area contributed by atoms with Crippen molar-refractivity contribution in [2.45, 2.75) is 13.2 Å². The first-order valence-corrected chi connectivity index (χ1v) is 8.04. The zero-order chi connectivity index (χ0) is 17.5. The number of carboxylic acid groups (broad SMARTS) is 1. The van der Waals surface area contributed by atoms with Gasteiger partial charge in [0.05, 0.1) is 0 Å². The molecule has 126 valence electrons. The monoisotopic (exact) mass is 333 g/mol. The summed E-state index contributed by atoms with van der Waals surface area (Å²) < 4.78 is 5.76. The minimum Gasteiger partial charge on any atom is -0.488 e. The second-order valence-corrected chi connectivity index (χ2v) is 5.63. The molecule has 0 unspecified atom stereocenters. The number of anilines is 1. The van der Waals surface area contributed by atoms with Crippen LogP contribution in [0, 0.1) is 0 Å². The van der Waals surface area contributed by atoms with Gasteiger partial charge in [0.25, 0.3) is 0 Å². The first kappa shape index (κ1) is 16.6. The van der Waals surface area contributed by atoms with Crippen molar-refractivity contribution >= 4 is 11.7 Å². The van der Waals surface area contributed by atoms with Gasteiger partial charge < -0.3 is 15.2 Å². The maximum absolute atomic E-state index is 11.4. The highest BCUT2D eigenvalue weighted by Gasteiger charge is 2.12. The first-order chi connectivity index (χ1) is 12.2. The second-order valence-electron chi connectivity index (χ2n) is 5.63. The number of carbonyl (C=O) groups is 1. The van der Waals surface area contributed by atoms with E-state index < -0.39 is 5.97 Å². The Hall–Kier alpha value is -3.27. The van der Waals surface area contributed by atoms with Crippen LogP contribution in [-0.2, 0) is 13.2 Å². The van der Waals surface area contributed by atoms with E-state index in [1.165, 1.54) is 0 Å². The van der Waals surface area contributed by atoms with Crippen molar-refractivity contribution in [3.05, 3.63) is 95.6 Å². The lowest BCUT2D eigenvalue weighted by atomic mass is 10.1. The molecule has 25 heavy (non-hydrogen) atoms. The normalized spacial score (nSPS) is 10.2. The van der Waals surface area contributed by atoms with Gasteiger partial charge >= 0.3 is 5.97 Å². The summed E-state index contributed by atoms with van der Waals surface area (Å²) in [5.74, 6) is -0.646. The highest BCUT2D eigenvalue weighted by molar-refractivity contribution is 5.91. The Morgan fingerprint density at radius 3 is 2.16 bits per heavy atom. The SMILES string of the molecule is O=C(O)c1ccc(NCc2ccccc2)cc1OCc1ccccc1. The zero-order valence-corrected chi connectivity index (χ0v) is 13.7. The summed E-state index contributed by atoms with van der Waals surface area (Å²) >= 11 is 0. The van der Waals surface area contributed by atoms with Crippen LogP contribution < -0.4 is 10.1 Å². The number of hydrogen-bond donors (Lipinski definition) is 2. The molecule has 4 heteroatoms. The van der Waals surface area contributed by atoms with E-state index in [2.05, 4.69) is 5.32 Å². The van der Waals surface area contributed by atoms with Gasteiger partial charge in [-0.25, -0.2) is 4.79 Å². The molecule has 0 heterocycles. The van der Waals surface area contributed by atoms with Crippen LogP contribution in [0.2, 0.25) is 0 Å². The predicted octanol–water partition coefficient (Wildman–Crippen LogP) is 4.58. The molecule has 0 saturated heterocycles. The fraction of sp³-hybridized carbons (Fsp3) is 0.0952. The number of nitrogens with one attached hydrogen (secondary N) is 1. The Bertz CT molecular complexity index is 832. The van der Waals surface area contributed by atoms with Gasteiger partial charge in [-0.15, -0.1) is 0 Å². The van der Waals surface area contributed by atoms with E-state index in [1.54, 1.807) is 18.2 Å². The molecule has 0 saturated carbocycles. The molecule has 3 aromatic carbocycles. The first-order valence-electron chi connectivity index (χ1n) is 8.04. The largest absolute Gasteiger partial charge is 0.488 e. The molecule has 4 nitrogen and oxygen atoms in total. The lowest BCUT2D eigenvalue weighted by Gasteiger charge is -2.13. The van der Waals surface area contributed by atoms with Crippen LogP contribution in [-0.4, -0.2) is 11.1 Å². The molecule has 0 fully saturated rings. The van der Waals surface area contributed by atoms with E-state index >= 15 is 0 Å². The number of rotatable bonds is 7. The third-order valence-corrected chi connectivity index (χ3v) is 3.79. The van der Waals surface area contributed by atoms with Crippen molar-refractivity contribution in [1.82, 2.24) is 0 Å². The molecule has 0 radical (unpaired) electrons. The lowest BCUT2D eigenvalue weighted by molar-refractivity contribution is 0.0692. The van der Waals surface area contributed by atoms with E-state index in [9.17, 15) is 9.90 Å². The standard InChI is InChI=1S/C21H19NO3/c23-21(24)19-12-11-18(22-14-16-7-3-1-4-8-16)13-20(19)25-15-17-9-5-2-6-10-17/h1-13,22H,14-15H2,(H,23,24). The summed E-state index contributed by atoms with van der Waals surface area (Å²) in [4.78, 5) is 11.4. The van der Waals surface area contributed by atoms with Gasteiger partial charge in [-0.05, 0) is 23.3 Å². The summed E-state index contributed by atoms with van der Waals surface area (Å²) in [6.07, 6.45) is 0. The summed E-state index contributed by atoms with van der Waals surface area (Å²) in [7, 11) is 0. The van der Waals surface area contributed by atoms with Gasteiger partial charge in [-0.3, -0.25) is 0 Å². The Balaban J connectivity index is 1.73. The number of carboxylic acids is 1. The molecule has 0 aliphatic carbocycles. The fourth-order valence-corrected chi connectivity index (χ4v) is 2.46. The van der Waals surface area contributed by atoms with Gasteiger partial charge in [0.2, 0.25) is 0 Å². The van der Waals surface area contributed by atoms with E-state index in [1.807, 2.05) is 60.7 Å². The molecule has 0 aliphatic heterocycles. The van der Waals surface area contributed by atoms with Crippen LogP contribution in [0.4, 0.5) is 5.69 Å². The van der Waals surface area contributed by atoms with Crippen molar-refractivity contribution in [1.29, 1.82) is 0 Å². The molecular weight excluding hydrogens is 314 g/mol. The quantitative estimate of drug-likeness (QED) is 0.665. The highest BCUT2D eigenvalue weighted by atomic mass is 16.5. The molecule has 0 atom stereocenters. The van der Waals surface area contributed by atoms with Gasteiger partial charge in [0.15, 0.2) is 0 Å². The van der Waals surface area contributed by atoms with Crippen molar-refractivity contribution < 1.29 is 14.6 Å². The second kappa shape index (κ2) is 8.02. The molecule has 3 aromatic rings. The topological polar surface area (TPSA) is 58.6 Å². The lowest BCUT2D eigenvalue weighted by Crippen LogP contribution is -2.05. The molecule has 0 amide bonds. The Kier molecular flexibility index (Phi) is 5.32. The molecule has 0 bridgehead atoms. The molecule has 0 spiro atoms. The van der Waals surface area contributed by atoms with Crippen molar-refractivity contribution in [2.75, 3.05) is 5.32 Å². The van der Waals surface area contributed by atoms with E-state index in [0.29, 0.717) is 18.9 Å². The Labute approximate surface area is 146 Å². The summed E-state index contributed by atoms with van der Waals surface area (Å²) in [5, 5.41) is 12.7. The van der Waals surface area contributed by atoms with Gasteiger partial charge in [-0.1, -0.05) is 60.7 Å². The summed E-state index contributed by atoms with van der Waals surface area (Å²) in [6, 6.07) is 24.7. The number of hydrogen-bond acceptors (Lipinski definition) is 3. The average Bonchev–Trinajstić information content (AvgIpc) is 2.66. The minimum atomic E-state index is -1.00. The van der Waals surface area contributed by atoms with Crippen LogP contribution in [0.15, 0.2) is 78.9 Å². The number of benzene rings is 3. The molecule has 2 N–H and O–H groups in total. The van der Waals surface area contributed by atoms with Crippen molar-refractivity contribution in [3.63, 3.8) is 0 Å².